The van der Waals surface area contributed by atoms with Crippen molar-refractivity contribution in [2.75, 3.05) is 19.6 Å². The van der Waals surface area contributed by atoms with E-state index in [9.17, 15) is 4.79 Å². The lowest BCUT2D eigenvalue weighted by molar-refractivity contribution is 0.0863. The number of carbonyl (C=O) groups excluding carboxylic acids is 1. The molecule has 120 valence electrons. The zero-order valence-corrected chi connectivity index (χ0v) is 13.7. The average Bonchev–Trinajstić information content (AvgIpc) is 2.48. The van der Waals surface area contributed by atoms with Gasteiger partial charge in [0.2, 0.25) is 0 Å². The molecule has 1 aliphatic heterocycles. The molecule has 2 atom stereocenters. The van der Waals surface area contributed by atoms with Crippen molar-refractivity contribution >= 4 is 5.91 Å². The molecule has 4 nitrogen and oxygen atoms in total. The normalized spacial score (nSPS) is 26.5. The van der Waals surface area contributed by atoms with Crippen LogP contribution in [0.25, 0.3) is 0 Å². The molecule has 2 unspecified atom stereocenters. The number of aromatic nitrogens is 1. The molecule has 2 heterocycles. The second-order valence-corrected chi connectivity index (χ2v) is 6.80. The monoisotopic (exact) mass is 301 g/mol. The van der Waals surface area contributed by atoms with Gasteiger partial charge in [-0.3, -0.25) is 9.78 Å². The van der Waals surface area contributed by atoms with E-state index in [-0.39, 0.29) is 11.9 Å². The van der Waals surface area contributed by atoms with Gasteiger partial charge < -0.3 is 10.2 Å². The number of piperidine rings is 1. The maximum atomic E-state index is 12.7. The number of carbonyl (C=O) groups is 1. The molecule has 0 radical (unpaired) electrons. The Kier molecular flexibility index (Phi) is 4.77. The van der Waals surface area contributed by atoms with Crippen LogP contribution in [0.5, 0.6) is 0 Å². The van der Waals surface area contributed by atoms with Crippen LogP contribution in [0.15, 0.2) is 18.3 Å². The first-order chi connectivity index (χ1) is 10.7. The van der Waals surface area contributed by atoms with Gasteiger partial charge in [-0.2, -0.15) is 0 Å². The van der Waals surface area contributed by atoms with Gasteiger partial charge in [0.1, 0.15) is 0 Å². The minimum Gasteiger partial charge on any atom is -0.348 e. The summed E-state index contributed by atoms with van der Waals surface area (Å²) >= 11 is 0. The topological polar surface area (TPSA) is 45.2 Å². The molecule has 4 heteroatoms. The van der Waals surface area contributed by atoms with Crippen LogP contribution in [0.2, 0.25) is 0 Å². The highest BCUT2D eigenvalue weighted by Gasteiger charge is 2.29. The molecule has 0 bridgehead atoms. The SMILES string of the molecule is CCN1CCC(C)C(NC(=O)c2cccnc2C2CCC2)C1. The van der Waals surface area contributed by atoms with Gasteiger partial charge in [0.05, 0.1) is 11.3 Å². The Morgan fingerprint density at radius 2 is 2.23 bits per heavy atom. The molecule has 1 N–H and O–H groups in total. The van der Waals surface area contributed by atoms with Gasteiger partial charge in [0.15, 0.2) is 0 Å². The summed E-state index contributed by atoms with van der Waals surface area (Å²) in [6.45, 7) is 7.59. The van der Waals surface area contributed by atoms with Crippen LogP contribution in [0.1, 0.15) is 61.5 Å². The van der Waals surface area contributed by atoms with Crippen molar-refractivity contribution in [2.24, 2.45) is 5.92 Å². The van der Waals surface area contributed by atoms with Crippen molar-refractivity contribution in [1.82, 2.24) is 15.2 Å². The molecular weight excluding hydrogens is 274 g/mol. The van der Waals surface area contributed by atoms with Gasteiger partial charge in [-0.1, -0.05) is 20.3 Å². The summed E-state index contributed by atoms with van der Waals surface area (Å²) in [4.78, 5) is 19.7. The van der Waals surface area contributed by atoms with Crippen molar-refractivity contribution in [2.45, 2.75) is 51.5 Å². The summed E-state index contributed by atoms with van der Waals surface area (Å²) in [6.07, 6.45) is 6.56. The maximum Gasteiger partial charge on any atom is 0.253 e. The van der Waals surface area contributed by atoms with Crippen molar-refractivity contribution in [3.05, 3.63) is 29.6 Å². The molecular formula is C18H27N3O. The van der Waals surface area contributed by atoms with E-state index < -0.39 is 0 Å². The number of rotatable bonds is 4. The number of likely N-dealkylation sites (N-methyl/N-ethyl adjacent to an activating group) is 1. The van der Waals surface area contributed by atoms with Crippen molar-refractivity contribution in [1.29, 1.82) is 0 Å². The highest BCUT2D eigenvalue weighted by molar-refractivity contribution is 5.95. The Labute approximate surface area is 133 Å². The first-order valence-corrected chi connectivity index (χ1v) is 8.67. The lowest BCUT2D eigenvalue weighted by Gasteiger charge is -2.37. The van der Waals surface area contributed by atoms with Gasteiger partial charge in [0.25, 0.3) is 5.91 Å². The molecule has 0 aromatic carbocycles. The van der Waals surface area contributed by atoms with Crippen LogP contribution in [0, 0.1) is 5.92 Å². The first kappa shape index (κ1) is 15.5. The highest BCUT2D eigenvalue weighted by atomic mass is 16.1. The fourth-order valence-corrected chi connectivity index (χ4v) is 3.47. The van der Waals surface area contributed by atoms with E-state index in [1.165, 1.54) is 19.3 Å². The van der Waals surface area contributed by atoms with Crippen molar-refractivity contribution in [3.8, 4) is 0 Å². The Bertz CT molecular complexity index is 527. The molecule has 1 aliphatic carbocycles. The second kappa shape index (κ2) is 6.78. The number of hydrogen-bond acceptors (Lipinski definition) is 3. The fraction of sp³-hybridized carbons (Fsp3) is 0.667. The summed E-state index contributed by atoms with van der Waals surface area (Å²) in [5.41, 5.74) is 1.79. The van der Waals surface area contributed by atoms with E-state index in [1.54, 1.807) is 0 Å². The lowest BCUT2D eigenvalue weighted by atomic mass is 9.81. The molecule has 0 spiro atoms. The summed E-state index contributed by atoms with van der Waals surface area (Å²) in [7, 11) is 0. The number of pyridine rings is 1. The van der Waals surface area contributed by atoms with Gasteiger partial charge in [-0.15, -0.1) is 0 Å². The Morgan fingerprint density at radius 3 is 2.91 bits per heavy atom. The Balaban J connectivity index is 1.71. The quantitative estimate of drug-likeness (QED) is 0.930. The zero-order valence-electron chi connectivity index (χ0n) is 13.7. The van der Waals surface area contributed by atoms with E-state index in [4.69, 9.17) is 0 Å². The lowest BCUT2D eigenvalue weighted by Crippen LogP contribution is -2.51. The molecule has 22 heavy (non-hydrogen) atoms. The number of amides is 1. The Morgan fingerprint density at radius 1 is 1.41 bits per heavy atom. The van der Waals surface area contributed by atoms with Crippen LogP contribution in [0.3, 0.4) is 0 Å². The van der Waals surface area contributed by atoms with Gasteiger partial charge in [-0.05, 0) is 50.4 Å². The Hall–Kier alpha value is -1.42. The first-order valence-electron chi connectivity index (χ1n) is 8.67. The zero-order chi connectivity index (χ0) is 15.5. The fourth-order valence-electron chi connectivity index (χ4n) is 3.47. The minimum absolute atomic E-state index is 0.0600. The van der Waals surface area contributed by atoms with Crippen molar-refractivity contribution in [3.63, 3.8) is 0 Å². The van der Waals surface area contributed by atoms with Gasteiger partial charge >= 0.3 is 0 Å². The summed E-state index contributed by atoms with van der Waals surface area (Å²) < 4.78 is 0. The molecule has 2 aliphatic rings. The third-order valence-electron chi connectivity index (χ3n) is 5.38. The largest absolute Gasteiger partial charge is 0.348 e. The molecule has 3 rings (SSSR count). The van der Waals surface area contributed by atoms with Crippen LogP contribution >= 0.6 is 0 Å². The number of hydrogen-bond donors (Lipinski definition) is 1. The van der Waals surface area contributed by atoms with E-state index in [2.05, 4.69) is 29.0 Å². The van der Waals surface area contributed by atoms with E-state index in [0.29, 0.717) is 11.8 Å². The third kappa shape index (κ3) is 3.17. The number of nitrogens with zero attached hydrogens (tertiary/aromatic N) is 2. The molecule has 1 aromatic heterocycles. The molecule has 1 saturated heterocycles. The van der Waals surface area contributed by atoms with E-state index >= 15 is 0 Å². The van der Waals surface area contributed by atoms with E-state index in [1.807, 2.05) is 18.3 Å². The third-order valence-corrected chi connectivity index (χ3v) is 5.38. The smallest absolute Gasteiger partial charge is 0.253 e. The summed E-state index contributed by atoms with van der Waals surface area (Å²) in [5.74, 6) is 1.08. The van der Waals surface area contributed by atoms with Crippen LogP contribution in [-0.2, 0) is 0 Å². The maximum absolute atomic E-state index is 12.7. The predicted octanol–water partition coefficient (Wildman–Crippen LogP) is 2.81. The van der Waals surface area contributed by atoms with Crippen LogP contribution in [0.4, 0.5) is 0 Å². The van der Waals surface area contributed by atoms with Gasteiger partial charge in [-0.25, -0.2) is 0 Å². The number of likely N-dealkylation sites (tertiary alicyclic amines) is 1. The standard InChI is InChI=1S/C18H27N3O/c1-3-21-11-9-13(2)16(12-21)20-18(22)15-8-5-10-19-17(15)14-6-4-7-14/h5,8,10,13-14,16H,3-4,6-7,9,11-12H2,1-2H3,(H,20,22). The summed E-state index contributed by atoms with van der Waals surface area (Å²) in [5, 5.41) is 3.27. The second-order valence-electron chi connectivity index (χ2n) is 6.80. The molecule has 1 aromatic rings. The predicted molar refractivity (Wildman–Crippen MR) is 88.0 cm³/mol. The molecule has 1 amide bonds. The molecule has 2 fully saturated rings. The van der Waals surface area contributed by atoms with Gasteiger partial charge in [0, 0.05) is 24.7 Å². The van der Waals surface area contributed by atoms with Crippen molar-refractivity contribution < 1.29 is 4.79 Å². The van der Waals surface area contributed by atoms with Crippen LogP contribution < -0.4 is 5.32 Å². The average molecular weight is 301 g/mol. The molecule has 1 saturated carbocycles. The van der Waals surface area contributed by atoms with Crippen LogP contribution in [-0.4, -0.2) is 41.5 Å². The highest BCUT2D eigenvalue weighted by Crippen LogP contribution is 2.36. The van der Waals surface area contributed by atoms with E-state index in [0.717, 1.165) is 37.3 Å². The summed E-state index contributed by atoms with van der Waals surface area (Å²) in [6, 6.07) is 4.05. The number of nitrogens with one attached hydrogen (secondary N) is 1. The minimum atomic E-state index is 0.0600.